The number of halogens is 1. The van der Waals surface area contributed by atoms with Gasteiger partial charge in [-0.15, -0.1) is 12.4 Å². The van der Waals surface area contributed by atoms with Gasteiger partial charge in [0.25, 0.3) is 0 Å². The zero-order valence-electron chi connectivity index (χ0n) is 16.8. The molecule has 3 aromatic rings. The first kappa shape index (κ1) is 20.6. The summed E-state index contributed by atoms with van der Waals surface area (Å²) in [6, 6.07) is 10.8. The van der Waals surface area contributed by atoms with Gasteiger partial charge < -0.3 is 18.9 Å². The first-order valence-corrected chi connectivity index (χ1v) is 9.53. The minimum atomic E-state index is 0. The lowest BCUT2D eigenvalue weighted by Crippen LogP contribution is -2.31. The number of anilines is 1. The number of benzene rings is 1. The van der Waals surface area contributed by atoms with Gasteiger partial charge in [0.1, 0.15) is 12.5 Å². The summed E-state index contributed by atoms with van der Waals surface area (Å²) in [5.74, 6) is 1.08. The van der Waals surface area contributed by atoms with Crippen LogP contribution in [0.4, 0.5) is 5.82 Å². The minimum absolute atomic E-state index is 0. The maximum atomic E-state index is 5.80. The summed E-state index contributed by atoms with van der Waals surface area (Å²) < 4.78 is 13.1. The number of fused-ring (bicyclic) bond motifs is 2. The van der Waals surface area contributed by atoms with Crippen LogP contribution in [0.25, 0.3) is 10.9 Å². The first-order valence-electron chi connectivity index (χ1n) is 9.53. The first-order chi connectivity index (χ1) is 13.2. The van der Waals surface area contributed by atoms with E-state index in [-0.39, 0.29) is 12.4 Å². The number of aryl methyl sites for hydroxylation is 1. The van der Waals surface area contributed by atoms with E-state index in [9.17, 15) is 0 Å². The van der Waals surface area contributed by atoms with Crippen LogP contribution >= 0.6 is 12.4 Å². The second kappa shape index (κ2) is 8.95. The molecule has 0 unspecified atom stereocenters. The molecule has 5 nitrogen and oxygen atoms in total. The minimum Gasteiger partial charge on any atom is -0.382 e. The summed E-state index contributed by atoms with van der Waals surface area (Å²) in [5, 5.41) is 1.24. The van der Waals surface area contributed by atoms with Crippen LogP contribution in [0.5, 0.6) is 0 Å². The molecule has 0 radical (unpaired) electrons. The third-order valence-corrected chi connectivity index (χ3v) is 5.60. The van der Waals surface area contributed by atoms with E-state index in [1.165, 1.54) is 33.3 Å². The standard InChI is InChI=1S/C22H27N3O2.ClH/c1-16-17(2)25(15-27-13-12-26-3)20-8-10-23-22(21(16)20)24-11-9-18-6-4-5-7-19(18)14-24;/h4-8,10H,9,11-15H2,1-3H3;1H. The number of rotatable bonds is 6. The van der Waals surface area contributed by atoms with Crippen molar-refractivity contribution < 1.29 is 9.47 Å². The summed E-state index contributed by atoms with van der Waals surface area (Å²) in [4.78, 5) is 7.19. The predicted molar refractivity (Wildman–Crippen MR) is 115 cm³/mol. The summed E-state index contributed by atoms with van der Waals surface area (Å²) in [7, 11) is 1.69. The van der Waals surface area contributed by atoms with E-state index in [4.69, 9.17) is 14.5 Å². The molecule has 0 amide bonds. The predicted octanol–water partition coefficient (Wildman–Crippen LogP) is 4.26. The smallest absolute Gasteiger partial charge is 0.138 e. The zero-order valence-corrected chi connectivity index (χ0v) is 17.6. The van der Waals surface area contributed by atoms with Crippen LogP contribution in [-0.4, -0.2) is 36.4 Å². The van der Waals surface area contributed by atoms with Gasteiger partial charge in [-0.2, -0.15) is 0 Å². The Hall–Kier alpha value is -2.08. The number of hydrogen-bond donors (Lipinski definition) is 0. The third-order valence-electron chi connectivity index (χ3n) is 5.60. The molecule has 0 saturated heterocycles. The van der Waals surface area contributed by atoms with Gasteiger partial charge in [0, 0.05) is 37.5 Å². The summed E-state index contributed by atoms with van der Waals surface area (Å²) >= 11 is 0. The van der Waals surface area contributed by atoms with Gasteiger partial charge in [0.05, 0.1) is 18.7 Å². The Bertz CT molecular complexity index is 954. The fourth-order valence-electron chi connectivity index (χ4n) is 3.97. The lowest BCUT2D eigenvalue weighted by Gasteiger charge is -2.30. The highest BCUT2D eigenvalue weighted by atomic mass is 35.5. The number of aromatic nitrogens is 2. The van der Waals surface area contributed by atoms with Gasteiger partial charge in [-0.1, -0.05) is 24.3 Å². The highest BCUT2D eigenvalue weighted by Crippen LogP contribution is 2.34. The van der Waals surface area contributed by atoms with Gasteiger partial charge in [0.2, 0.25) is 0 Å². The molecule has 0 atom stereocenters. The second-order valence-electron chi connectivity index (χ2n) is 7.14. The molecule has 4 rings (SSSR count). The molecule has 150 valence electrons. The van der Waals surface area contributed by atoms with Crippen LogP contribution in [-0.2, 0) is 29.2 Å². The van der Waals surface area contributed by atoms with Crippen LogP contribution in [0.2, 0.25) is 0 Å². The van der Waals surface area contributed by atoms with Crippen molar-refractivity contribution in [1.29, 1.82) is 0 Å². The molecule has 1 aromatic carbocycles. The molecule has 1 aliphatic rings. The Labute approximate surface area is 172 Å². The van der Waals surface area contributed by atoms with E-state index in [2.05, 4.69) is 53.6 Å². The number of nitrogens with zero attached hydrogens (tertiary/aromatic N) is 3. The SMILES string of the molecule is COCCOCn1c(C)c(C)c2c(N3CCc4ccccc4C3)nccc21.Cl. The maximum Gasteiger partial charge on any atom is 0.138 e. The monoisotopic (exact) mass is 401 g/mol. The number of methoxy groups -OCH3 is 1. The average Bonchev–Trinajstić information content (AvgIpc) is 2.95. The molecular weight excluding hydrogens is 374 g/mol. The molecule has 0 aliphatic carbocycles. The number of hydrogen-bond acceptors (Lipinski definition) is 4. The molecule has 3 heterocycles. The van der Waals surface area contributed by atoms with E-state index in [1.807, 2.05) is 6.20 Å². The summed E-state index contributed by atoms with van der Waals surface area (Å²) in [6.07, 6.45) is 2.98. The van der Waals surface area contributed by atoms with Gasteiger partial charge >= 0.3 is 0 Å². The Balaban J connectivity index is 0.00000225. The molecule has 0 spiro atoms. The van der Waals surface area contributed by atoms with Gasteiger partial charge in [-0.25, -0.2) is 4.98 Å². The average molecular weight is 402 g/mol. The van der Waals surface area contributed by atoms with E-state index in [0.29, 0.717) is 19.9 Å². The molecule has 0 N–H and O–H groups in total. The second-order valence-corrected chi connectivity index (χ2v) is 7.14. The molecule has 1 aliphatic heterocycles. The normalized spacial score (nSPS) is 13.5. The van der Waals surface area contributed by atoms with Crippen molar-refractivity contribution in [2.24, 2.45) is 0 Å². The maximum absolute atomic E-state index is 5.80. The van der Waals surface area contributed by atoms with E-state index in [0.717, 1.165) is 25.3 Å². The third kappa shape index (κ3) is 3.75. The fraction of sp³-hybridized carbons (Fsp3) is 0.409. The van der Waals surface area contributed by atoms with Gasteiger partial charge in [0.15, 0.2) is 0 Å². The van der Waals surface area contributed by atoms with Crippen molar-refractivity contribution in [2.45, 2.75) is 33.5 Å². The molecule has 2 aromatic heterocycles. The lowest BCUT2D eigenvalue weighted by molar-refractivity contribution is 0.0352. The van der Waals surface area contributed by atoms with Crippen molar-refractivity contribution in [3.8, 4) is 0 Å². The van der Waals surface area contributed by atoms with E-state index in [1.54, 1.807) is 7.11 Å². The highest BCUT2D eigenvalue weighted by Gasteiger charge is 2.22. The van der Waals surface area contributed by atoms with Crippen molar-refractivity contribution >= 4 is 29.1 Å². The van der Waals surface area contributed by atoms with Crippen molar-refractivity contribution in [2.75, 3.05) is 31.8 Å². The summed E-state index contributed by atoms with van der Waals surface area (Å²) in [6.45, 7) is 7.99. The quantitative estimate of drug-likeness (QED) is 0.578. The van der Waals surface area contributed by atoms with Crippen LogP contribution in [0.3, 0.4) is 0 Å². The largest absolute Gasteiger partial charge is 0.382 e. The Kier molecular flexibility index (Phi) is 6.60. The van der Waals surface area contributed by atoms with Gasteiger partial charge in [-0.3, -0.25) is 0 Å². The fourth-order valence-corrected chi connectivity index (χ4v) is 3.97. The van der Waals surface area contributed by atoms with Crippen molar-refractivity contribution in [3.63, 3.8) is 0 Å². The lowest BCUT2D eigenvalue weighted by atomic mass is 9.99. The summed E-state index contributed by atoms with van der Waals surface area (Å²) in [5.41, 5.74) is 6.56. The molecule has 0 bridgehead atoms. The Morgan fingerprint density at radius 3 is 2.64 bits per heavy atom. The molecule has 0 saturated carbocycles. The highest BCUT2D eigenvalue weighted by molar-refractivity contribution is 5.94. The molecule has 0 fully saturated rings. The molecule has 28 heavy (non-hydrogen) atoms. The topological polar surface area (TPSA) is 39.5 Å². The van der Waals surface area contributed by atoms with Crippen molar-refractivity contribution in [3.05, 3.63) is 58.9 Å². The van der Waals surface area contributed by atoms with Crippen molar-refractivity contribution in [1.82, 2.24) is 9.55 Å². The zero-order chi connectivity index (χ0) is 18.8. The van der Waals surface area contributed by atoms with Crippen LogP contribution in [0, 0.1) is 13.8 Å². The number of pyridine rings is 1. The van der Waals surface area contributed by atoms with Crippen LogP contribution in [0.1, 0.15) is 22.4 Å². The van der Waals surface area contributed by atoms with E-state index < -0.39 is 0 Å². The molecule has 6 heteroatoms. The van der Waals surface area contributed by atoms with Crippen LogP contribution < -0.4 is 4.90 Å². The van der Waals surface area contributed by atoms with Gasteiger partial charge in [-0.05, 0) is 43.0 Å². The Morgan fingerprint density at radius 1 is 1.07 bits per heavy atom. The van der Waals surface area contributed by atoms with E-state index >= 15 is 0 Å². The number of ether oxygens (including phenoxy) is 2. The van der Waals surface area contributed by atoms with Crippen LogP contribution in [0.15, 0.2) is 36.5 Å². The molecular formula is C22H28ClN3O2. The Morgan fingerprint density at radius 2 is 1.86 bits per heavy atom.